The van der Waals surface area contributed by atoms with Crippen LogP contribution in [0.3, 0.4) is 0 Å². The molecule has 20 heavy (non-hydrogen) atoms. The second kappa shape index (κ2) is 5.13. The molecule has 0 amide bonds. The largest absolute Gasteiger partial charge is 0.496 e. The molecule has 1 aliphatic heterocycles. The summed E-state index contributed by atoms with van der Waals surface area (Å²) >= 11 is 0. The summed E-state index contributed by atoms with van der Waals surface area (Å²) in [6, 6.07) is 3.30. The smallest absolute Gasteiger partial charge is 0.339 e. The highest BCUT2D eigenvalue weighted by Gasteiger charge is 2.21. The van der Waals surface area contributed by atoms with E-state index in [1.54, 1.807) is 18.3 Å². The number of benzene rings is 1. The number of carboxylic acids is 1. The van der Waals surface area contributed by atoms with Gasteiger partial charge in [-0.1, -0.05) is 0 Å². The molecule has 1 N–H and O–H groups in total. The van der Waals surface area contributed by atoms with Crippen LogP contribution in [0.5, 0.6) is 5.75 Å². The summed E-state index contributed by atoms with van der Waals surface area (Å²) in [6.45, 7) is 0.733. The first-order chi connectivity index (χ1) is 9.70. The van der Waals surface area contributed by atoms with Crippen LogP contribution >= 0.6 is 0 Å². The molecular weight excluding hydrogens is 260 g/mol. The molecule has 0 aliphatic carbocycles. The molecule has 0 spiro atoms. The van der Waals surface area contributed by atoms with E-state index in [0.29, 0.717) is 5.75 Å². The van der Waals surface area contributed by atoms with Gasteiger partial charge in [-0.3, -0.25) is 0 Å². The third kappa shape index (κ3) is 2.12. The fourth-order valence-corrected chi connectivity index (χ4v) is 2.56. The van der Waals surface area contributed by atoms with Gasteiger partial charge in [-0.05, 0) is 25.3 Å². The van der Waals surface area contributed by atoms with Gasteiger partial charge < -0.3 is 14.6 Å². The van der Waals surface area contributed by atoms with E-state index in [1.807, 2.05) is 4.68 Å². The zero-order valence-corrected chi connectivity index (χ0v) is 11.2. The topological polar surface area (TPSA) is 73.6 Å². The summed E-state index contributed by atoms with van der Waals surface area (Å²) in [7, 11) is 1.46. The van der Waals surface area contributed by atoms with Crippen molar-refractivity contribution in [3.8, 4) is 5.75 Å². The summed E-state index contributed by atoms with van der Waals surface area (Å²) in [5.74, 6) is -0.673. The highest BCUT2D eigenvalue weighted by atomic mass is 16.5. The number of nitrogens with zero attached hydrogens (tertiary/aromatic N) is 2. The monoisotopic (exact) mass is 276 g/mol. The molecule has 1 aromatic heterocycles. The molecule has 0 bridgehead atoms. The fraction of sp³-hybridized carbons (Fsp3) is 0.429. The Morgan fingerprint density at radius 1 is 1.50 bits per heavy atom. The maximum atomic E-state index is 11.2. The lowest BCUT2D eigenvalue weighted by Crippen LogP contribution is -2.19. The number of carboxylic acid groups (broad SMARTS) is 1. The average Bonchev–Trinajstić information content (AvgIpc) is 2.89. The number of aromatic carboxylic acids is 1. The number of hydrogen-bond donors (Lipinski definition) is 1. The Balaban J connectivity index is 2.09. The molecular formula is C14H16N2O4. The lowest BCUT2D eigenvalue weighted by molar-refractivity contribution is -0.0366. The number of carbonyl (C=O) groups is 1. The van der Waals surface area contributed by atoms with Crippen molar-refractivity contribution in [2.75, 3.05) is 13.7 Å². The molecule has 2 aromatic rings. The van der Waals surface area contributed by atoms with E-state index in [9.17, 15) is 9.90 Å². The van der Waals surface area contributed by atoms with Crippen LogP contribution in [0.25, 0.3) is 10.9 Å². The number of aromatic nitrogens is 2. The van der Waals surface area contributed by atoms with Crippen LogP contribution in [-0.2, 0) is 4.74 Å². The maximum absolute atomic E-state index is 11.2. The van der Waals surface area contributed by atoms with Crippen molar-refractivity contribution >= 4 is 16.9 Å². The standard InChI is InChI=1S/C14H16N2O4/c1-19-12-7-11-9(6-10(12)14(17)18)8-15-16(11)13-4-2-3-5-20-13/h6-8,13H,2-5H2,1H3,(H,17,18). The van der Waals surface area contributed by atoms with E-state index in [-0.39, 0.29) is 11.8 Å². The molecule has 106 valence electrons. The summed E-state index contributed by atoms with van der Waals surface area (Å²) in [5.41, 5.74) is 0.975. The fourth-order valence-electron chi connectivity index (χ4n) is 2.56. The summed E-state index contributed by atoms with van der Waals surface area (Å²) < 4.78 is 12.7. The Morgan fingerprint density at radius 2 is 2.35 bits per heavy atom. The first-order valence-electron chi connectivity index (χ1n) is 6.61. The molecule has 6 heteroatoms. The molecule has 6 nitrogen and oxygen atoms in total. The molecule has 1 atom stereocenters. The van der Waals surface area contributed by atoms with Gasteiger partial charge in [-0.25, -0.2) is 9.48 Å². The van der Waals surface area contributed by atoms with Crippen molar-refractivity contribution in [1.29, 1.82) is 0 Å². The quantitative estimate of drug-likeness (QED) is 0.932. The second-order valence-electron chi connectivity index (χ2n) is 4.83. The van der Waals surface area contributed by atoms with E-state index < -0.39 is 5.97 Å². The molecule has 1 saturated heterocycles. The SMILES string of the molecule is COc1cc2c(cnn2C2CCCCO2)cc1C(=O)O. The van der Waals surface area contributed by atoms with Crippen molar-refractivity contribution in [1.82, 2.24) is 9.78 Å². The van der Waals surface area contributed by atoms with Gasteiger partial charge in [-0.15, -0.1) is 0 Å². The first kappa shape index (κ1) is 12.9. The second-order valence-corrected chi connectivity index (χ2v) is 4.83. The highest BCUT2D eigenvalue weighted by molar-refractivity contribution is 5.96. The summed E-state index contributed by atoms with van der Waals surface area (Å²) in [4.78, 5) is 11.2. The predicted molar refractivity (Wildman–Crippen MR) is 72.1 cm³/mol. The van der Waals surface area contributed by atoms with Gasteiger partial charge >= 0.3 is 5.97 Å². The maximum Gasteiger partial charge on any atom is 0.339 e. The molecule has 3 rings (SSSR count). The summed E-state index contributed by atoms with van der Waals surface area (Å²) in [5, 5.41) is 14.3. The van der Waals surface area contributed by atoms with Crippen LogP contribution in [0.2, 0.25) is 0 Å². The Labute approximate surface area is 115 Å². The molecule has 1 aliphatic rings. The Morgan fingerprint density at radius 3 is 3.00 bits per heavy atom. The minimum absolute atomic E-state index is 0.0818. The van der Waals surface area contributed by atoms with Crippen LogP contribution in [0.1, 0.15) is 35.8 Å². The Bertz CT molecular complexity index is 644. The molecule has 0 saturated carbocycles. The molecule has 1 unspecified atom stereocenters. The third-order valence-corrected chi connectivity index (χ3v) is 3.58. The van der Waals surface area contributed by atoms with Gasteiger partial charge in [0.25, 0.3) is 0 Å². The lowest BCUT2D eigenvalue weighted by Gasteiger charge is -2.23. The van der Waals surface area contributed by atoms with Gasteiger partial charge in [0.2, 0.25) is 0 Å². The van der Waals surface area contributed by atoms with Crippen LogP contribution in [-0.4, -0.2) is 34.6 Å². The van der Waals surface area contributed by atoms with E-state index >= 15 is 0 Å². The van der Waals surface area contributed by atoms with Crippen LogP contribution in [0, 0.1) is 0 Å². The van der Waals surface area contributed by atoms with Crippen molar-refractivity contribution in [3.63, 3.8) is 0 Å². The van der Waals surface area contributed by atoms with E-state index in [2.05, 4.69) is 5.10 Å². The zero-order valence-electron chi connectivity index (χ0n) is 11.2. The van der Waals surface area contributed by atoms with E-state index in [1.165, 1.54) is 7.11 Å². The third-order valence-electron chi connectivity index (χ3n) is 3.58. The van der Waals surface area contributed by atoms with Gasteiger partial charge in [0, 0.05) is 18.1 Å². The molecule has 2 heterocycles. The van der Waals surface area contributed by atoms with Crippen molar-refractivity contribution < 1.29 is 19.4 Å². The molecule has 1 fully saturated rings. The number of methoxy groups -OCH3 is 1. The normalized spacial score (nSPS) is 19.1. The van der Waals surface area contributed by atoms with Gasteiger partial charge in [0.05, 0.1) is 18.8 Å². The number of rotatable bonds is 3. The predicted octanol–water partition coefficient (Wildman–Crippen LogP) is 2.44. The minimum atomic E-state index is -1.01. The molecule has 1 aromatic carbocycles. The highest BCUT2D eigenvalue weighted by Crippen LogP contribution is 2.30. The van der Waals surface area contributed by atoms with Gasteiger partial charge in [0.1, 0.15) is 11.3 Å². The lowest BCUT2D eigenvalue weighted by atomic mass is 10.1. The van der Waals surface area contributed by atoms with Crippen LogP contribution in [0.4, 0.5) is 0 Å². The zero-order chi connectivity index (χ0) is 14.1. The Hall–Kier alpha value is -2.08. The number of hydrogen-bond acceptors (Lipinski definition) is 4. The Kier molecular flexibility index (Phi) is 3.31. The van der Waals surface area contributed by atoms with E-state index in [4.69, 9.17) is 9.47 Å². The van der Waals surface area contributed by atoms with Crippen molar-refractivity contribution in [3.05, 3.63) is 23.9 Å². The number of ether oxygens (including phenoxy) is 2. The van der Waals surface area contributed by atoms with Crippen molar-refractivity contribution in [2.24, 2.45) is 0 Å². The minimum Gasteiger partial charge on any atom is -0.496 e. The van der Waals surface area contributed by atoms with Crippen molar-refractivity contribution in [2.45, 2.75) is 25.5 Å². The average molecular weight is 276 g/mol. The molecule has 0 radical (unpaired) electrons. The van der Waals surface area contributed by atoms with Crippen LogP contribution in [0.15, 0.2) is 18.3 Å². The van der Waals surface area contributed by atoms with Gasteiger partial charge in [-0.2, -0.15) is 5.10 Å². The number of fused-ring (bicyclic) bond motifs is 1. The first-order valence-corrected chi connectivity index (χ1v) is 6.61. The van der Waals surface area contributed by atoms with E-state index in [0.717, 1.165) is 36.8 Å². The van der Waals surface area contributed by atoms with Crippen LogP contribution < -0.4 is 4.74 Å². The summed E-state index contributed by atoms with van der Waals surface area (Å²) in [6.07, 6.45) is 4.68. The van der Waals surface area contributed by atoms with Gasteiger partial charge in [0.15, 0.2) is 6.23 Å².